The molecule has 2 aromatic rings. The maximum atomic E-state index is 13.5. The average molecular weight is 447 g/mol. The Balaban J connectivity index is 1.40. The minimum atomic E-state index is -3.66. The predicted octanol–water partition coefficient (Wildman–Crippen LogP) is 0.886. The van der Waals surface area contributed by atoms with Crippen LogP contribution in [0.3, 0.4) is 0 Å². The van der Waals surface area contributed by atoms with Crippen LogP contribution in [0.1, 0.15) is 18.4 Å². The summed E-state index contributed by atoms with van der Waals surface area (Å²) in [7, 11) is -1.87. The summed E-state index contributed by atoms with van der Waals surface area (Å²) in [6.07, 6.45) is 4.38. The van der Waals surface area contributed by atoms with Crippen LogP contribution < -0.4 is 14.7 Å². The molecule has 1 aromatic heterocycles. The molecule has 0 unspecified atom stereocenters. The number of carbonyl (C=O) groups excluding carboxylic acids is 1. The lowest BCUT2D eigenvalue weighted by molar-refractivity contribution is 0.136. The number of para-hydroxylation sites is 1. The van der Waals surface area contributed by atoms with Gasteiger partial charge in [-0.15, -0.1) is 0 Å². The molecule has 1 amide bonds. The number of anilines is 1. The monoisotopic (exact) mass is 446 g/mol. The molecule has 8 nitrogen and oxygen atoms in total. The predicted molar refractivity (Wildman–Crippen MR) is 114 cm³/mol. The van der Waals surface area contributed by atoms with E-state index in [0.717, 1.165) is 15.8 Å². The zero-order valence-corrected chi connectivity index (χ0v) is 18.2. The molecule has 0 aliphatic carbocycles. The van der Waals surface area contributed by atoms with Crippen molar-refractivity contribution in [2.45, 2.75) is 25.5 Å². The Labute approximate surface area is 178 Å². The summed E-state index contributed by atoms with van der Waals surface area (Å²) in [6.45, 7) is 1.52. The Bertz CT molecular complexity index is 1220. The highest BCUT2D eigenvalue weighted by Crippen LogP contribution is 2.33. The van der Waals surface area contributed by atoms with E-state index in [4.69, 9.17) is 4.74 Å². The van der Waals surface area contributed by atoms with E-state index in [2.05, 4.69) is 4.37 Å². The Morgan fingerprint density at radius 2 is 1.97 bits per heavy atom. The van der Waals surface area contributed by atoms with E-state index >= 15 is 0 Å². The van der Waals surface area contributed by atoms with Gasteiger partial charge in [-0.25, -0.2) is 13.2 Å². The van der Waals surface area contributed by atoms with Crippen molar-refractivity contribution >= 4 is 44.4 Å². The molecule has 0 atom stereocenters. The van der Waals surface area contributed by atoms with Crippen LogP contribution in [0, 0.1) is 0 Å². The van der Waals surface area contributed by atoms with Crippen LogP contribution in [0.4, 0.5) is 10.5 Å². The number of aromatic nitrogens is 1. The standard InChI is InChI=1S/C20H22N4O4S2/c1-22-9-8-18-16(12-21-29-18)19(22)30(26,27)23-10-6-15(7-11-23)24-17-5-3-2-4-14(17)13-28-20(24)25/h2-5,8,12,15H,6-7,9-11,13H2,1H3. The van der Waals surface area contributed by atoms with Crippen LogP contribution in [0.2, 0.25) is 0 Å². The molecule has 1 fully saturated rings. The van der Waals surface area contributed by atoms with Crippen LogP contribution in [0.5, 0.6) is 0 Å². The second-order valence-corrected chi connectivity index (χ2v) is 10.4. The molecular formula is C20H22N4O4S2. The van der Waals surface area contributed by atoms with Crippen LogP contribution in [-0.4, -0.2) is 60.8 Å². The van der Waals surface area contributed by atoms with Gasteiger partial charge in [0.15, 0.2) is 5.03 Å². The van der Waals surface area contributed by atoms with Crippen LogP contribution >= 0.6 is 11.5 Å². The average Bonchev–Trinajstić information content (AvgIpc) is 3.22. The Morgan fingerprint density at radius 3 is 2.77 bits per heavy atom. The zero-order valence-electron chi connectivity index (χ0n) is 16.5. The minimum absolute atomic E-state index is 0.0915. The molecule has 5 rings (SSSR count). The lowest BCUT2D eigenvalue weighted by atomic mass is 10.0. The van der Waals surface area contributed by atoms with Crippen molar-refractivity contribution in [3.8, 4) is 0 Å². The molecule has 4 heterocycles. The summed E-state index contributed by atoms with van der Waals surface area (Å²) < 4.78 is 38.9. The topological polar surface area (TPSA) is 83.1 Å². The van der Waals surface area contributed by atoms with Gasteiger partial charge in [-0.05, 0) is 36.5 Å². The van der Waals surface area contributed by atoms with Gasteiger partial charge in [-0.3, -0.25) is 4.90 Å². The number of nitrogens with zero attached hydrogens (tertiary/aromatic N) is 4. The van der Waals surface area contributed by atoms with Crippen molar-refractivity contribution in [2.75, 3.05) is 31.6 Å². The number of piperidine rings is 1. The minimum Gasteiger partial charge on any atom is -0.444 e. The van der Waals surface area contributed by atoms with Gasteiger partial charge in [0.2, 0.25) is 0 Å². The zero-order chi connectivity index (χ0) is 20.9. The van der Waals surface area contributed by atoms with Gasteiger partial charge in [0.05, 0.1) is 16.4 Å². The van der Waals surface area contributed by atoms with Gasteiger partial charge >= 0.3 is 6.09 Å². The first-order valence-corrected chi connectivity index (χ1v) is 12.1. The largest absolute Gasteiger partial charge is 0.444 e. The summed E-state index contributed by atoms with van der Waals surface area (Å²) in [4.78, 5) is 15.9. The smallest absolute Gasteiger partial charge is 0.414 e. The molecule has 0 spiro atoms. The van der Waals surface area contributed by atoms with Crippen molar-refractivity contribution in [3.63, 3.8) is 0 Å². The second-order valence-electron chi connectivity index (χ2n) is 7.68. The third-order valence-electron chi connectivity index (χ3n) is 5.90. The summed E-state index contributed by atoms with van der Waals surface area (Å²) in [5.41, 5.74) is 1.83. The highest BCUT2D eigenvalue weighted by atomic mass is 32.2. The van der Waals surface area contributed by atoms with Gasteiger partial charge in [-0.2, -0.15) is 8.68 Å². The summed E-state index contributed by atoms with van der Waals surface area (Å²) in [5, 5.41) is 0.985. The van der Waals surface area contributed by atoms with E-state index in [0.29, 0.717) is 42.7 Å². The van der Waals surface area contributed by atoms with E-state index < -0.39 is 10.0 Å². The third kappa shape index (κ3) is 3.10. The lowest BCUT2D eigenvalue weighted by Gasteiger charge is -2.40. The van der Waals surface area contributed by atoms with E-state index in [-0.39, 0.29) is 18.7 Å². The number of hydrogen-bond donors (Lipinski definition) is 0. The number of benzene rings is 1. The number of cyclic esters (lactones) is 1. The fourth-order valence-electron chi connectivity index (χ4n) is 4.38. The summed E-state index contributed by atoms with van der Waals surface area (Å²) in [5.74, 6) is 0. The third-order valence-corrected chi connectivity index (χ3v) is 8.76. The fraction of sp³-hybridized carbons (Fsp3) is 0.400. The first-order valence-electron chi connectivity index (χ1n) is 9.87. The molecule has 0 N–H and O–H groups in total. The van der Waals surface area contributed by atoms with Crippen molar-refractivity contribution in [2.24, 2.45) is 0 Å². The van der Waals surface area contributed by atoms with Crippen LogP contribution in [0.15, 0.2) is 30.5 Å². The van der Waals surface area contributed by atoms with E-state index in [1.807, 2.05) is 30.3 Å². The Morgan fingerprint density at radius 1 is 1.20 bits per heavy atom. The summed E-state index contributed by atoms with van der Waals surface area (Å²) in [6, 6.07) is 7.61. The van der Waals surface area contributed by atoms with Gasteiger partial charge in [-0.1, -0.05) is 18.2 Å². The van der Waals surface area contributed by atoms with Crippen molar-refractivity contribution < 1.29 is 17.9 Å². The van der Waals surface area contributed by atoms with Crippen LogP contribution in [0.25, 0.3) is 11.1 Å². The van der Waals surface area contributed by atoms with Crippen molar-refractivity contribution in [1.82, 2.24) is 13.6 Å². The molecule has 1 aromatic carbocycles. The molecule has 0 radical (unpaired) electrons. The van der Waals surface area contributed by atoms with E-state index in [1.54, 1.807) is 23.0 Å². The molecule has 30 heavy (non-hydrogen) atoms. The molecule has 0 bridgehead atoms. The molecule has 158 valence electrons. The maximum absolute atomic E-state index is 13.5. The molecule has 3 aliphatic rings. The van der Waals surface area contributed by atoms with Crippen molar-refractivity contribution in [3.05, 3.63) is 45.8 Å². The quantitative estimate of drug-likeness (QED) is 0.696. The number of fused-ring (bicyclic) bond motifs is 2. The molecular weight excluding hydrogens is 424 g/mol. The van der Waals surface area contributed by atoms with Gasteiger partial charge in [0.25, 0.3) is 10.0 Å². The van der Waals surface area contributed by atoms with Crippen LogP contribution in [-0.2, 0) is 21.4 Å². The van der Waals surface area contributed by atoms with E-state index in [1.165, 1.54) is 15.8 Å². The SMILES string of the molecule is CN1CC=c2sncc2=C1S(=O)(=O)N1CCC(N2C(=O)OCc3ccccc32)CC1. The Kier molecular flexibility index (Phi) is 4.79. The second kappa shape index (κ2) is 7.36. The maximum Gasteiger partial charge on any atom is 0.414 e. The number of carbonyl (C=O) groups is 1. The molecule has 10 heteroatoms. The molecule has 1 saturated heterocycles. The molecule has 3 aliphatic heterocycles. The number of ether oxygens (including phenoxy) is 1. The number of amides is 1. The lowest BCUT2D eigenvalue weighted by Crippen LogP contribution is -2.52. The number of sulfonamides is 1. The first kappa shape index (κ1) is 19.5. The van der Waals surface area contributed by atoms with E-state index in [9.17, 15) is 13.2 Å². The van der Waals surface area contributed by atoms with Gasteiger partial charge in [0.1, 0.15) is 6.61 Å². The highest BCUT2D eigenvalue weighted by molar-refractivity contribution is 7.97. The van der Waals surface area contributed by atoms with Gasteiger partial charge < -0.3 is 9.64 Å². The highest BCUT2D eigenvalue weighted by Gasteiger charge is 2.38. The number of rotatable bonds is 3. The molecule has 0 saturated carbocycles. The van der Waals surface area contributed by atoms with Crippen molar-refractivity contribution in [1.29, 1.82) is 0 Å². The summed E-state index contributed by atoms with van der Waals surface area (Å²) >= 11 is 1.31. The fourth-order valence-corrected chi connectivity index (χ4v) is 6.96. The van der Waals surface area contributed by atoms with Gasteiger partial charge in [0, 0.05) is 43.5 Å². The normalized spacial score (nSPS) is 20.4. The number of hydrogen-bond acceptors (Lipinski definition) is 7. The Hall–Kier alpha value is -2.43. The first-order chi connectivity index (χ1) is 14.5.